The summed E-state index contributed by atoms with van der Waals surface area (Å²) in [6.45, 7) is 2.00. The molecule has 0 saturated heterocycles. The summed E-state index contributed by atoms with van der Waals surface area (Å²) < 4.78 is 0. The first-order valence-corrected chi connectivity index (χ1v) is 4.07. The lowest BCUT2D eigenvalue weighted by Crippen LogP contribution is -1.92. The maximum atomic E-state index is 8.85. The van der Waals surface area contributed by atoms with E-state index in [-0.39, 0.29) is 0 Å². The number of rotatable bonds is 1. The van der Waals surface area contributed by atoms with Crippen molar-refractivity contribution in [3.63, 3.8) is 0 Å². The zero-order valence-corrected chi connectivity index (χ0v) is 7.28. The van der Waals surface area contributed by atoms with Crippen LogP contribution in [0, 0.1) is 6.92 Å². The van der Waals surface area contributed by atoms with Gasteiger partial charge in [0.2, 0.25) is 0 Å². The summed E-state index contributed by atoms with van der Waals surface area (Å²) in [7, 11) is 0. The number of para-hydroxylation sites is 1. The minimum absolute atomic E-state index is 0.689. The first-order valence-electron chi connectivity index (χ1n) is 4.07. The van der Waals surface area contributed by atoms with Crippen LogP contribution in [0.2, 0.25) is 0 Å². The van der Waals surface area contributed by atoms with Crippen molar-refractivity contribution >= 4 is 16.6 Å². The zero-order chi connectivity index (χ0) is 9.26. The number of nitrogens with zero attached hydrogens (tertiary/aromatic N) is 1. The number of anilines is 1. The summed E-state index contributed by atoms with van der Waals surface area (Å²) >= 11 is 0. The lowest BCUT2D eigenvalue weighted by atomic mass is 10.1. The van der Waals surface area contributed by atoms with Gasteiger partial charge in [-0.3, -0.25) is 15.7 Å². The quantitative estimate of drug-likeness (QED) is 0.652. The Hall–Kier alpha value is -1.61. The first kappa shape index (κ1) is 8.01. The summed E-state index contributed by atoms with van der Waals surface area (Å²) in [5.74, 6) is 0. The molecule has 1 aromatic carbocycles. The van der Waals surface area contributed by atoms with Crippen molar-refractivity contribution in [3.8, 4) is 0 Å². The number of hydrogen-bond acceptors (Lipinski definition) is 3. The molecule has 0 aliphatic carbocycles. The second-order valence-electron chi connectivity index (χ2n) is 2.94. The van der Waals surface area contributed by atoms with Crippen LogP contribution in [0.15, 0.2) is 30.5 Å². The largest absolute Gasteiger partial charge is 0.291 e. The second kappa shape index (κ2) is 3.03. The molecule has 0 bridgehead atoms. The normalized spacial score (nSPS) is 10.3. The minimum atomic E-state index is 0.689. The highest BCUT2D eigenvalue weighted by atomic mass is 16.5. The van der Waals surface area contributed by atoms with Crippen molar-refractivity contribution in [1.82, 2.24) is 4.98 Å². The minimum Gasteiger partial charge on any atom is -0.291 e. The molecule has 1 heterocycles. The van der Waals surface area contributed by atoms with E-state index in [1.54, 1.807) is 12.3 Å². The van der Waals surface area contributed by atoms with Gasteiger partial charge in [-0.1, -0.05) is 18.2 Å². The Balaban J connectivity index is 2.84. The number of aromatic nitrogens is 1. The van der Waals surface area contributed by atoms with E-state index in [0.717, 1.165) is 16.5 Å². The molecule has 2 rings (SSSR count). The van der Waals surface area contributed by atoms with Crippen molar-refractivity contribution in [2.45, 2.75) is 6.92 Å². The number of pyridine rings is 1. The van der Waals surface area contributed by atoms with Crippen molar-refractivity contribution in [1.29, 1.82) is 0 Å². The van der Waals surface area contributed by atoms with E-state index < -0.39 is 0 Å². The van der Waals surface area contributed by atoms with E-state index in [0.29, 0.717) is 5.69 Å². The van der Waals surface area contributed by atoms with Gasteiger partial charge >= 0.3 is 0 Å². The predicted octanol–water partition coefficient (Wildman–Crippen LogP) is 2.34. The summed E-state index contributed by atoms with van der Waals surface area (Å²) in [5, 5.41) is 9.78. The smallest absolute Gasteiger partial charge is 0.0752 e. The Morgan fingerprint density at radius 2 is 2.15 bits per heavy atom. The van der Waals surface area contributed by atoms with Crippen LogP contribution in [0.25, 0.3) is 10.9 Å². The highest BCUT2D eigenvalue weighted by Gasteiger charge is 2.01. The van der Waals surface area contributed by atoms with Gasteiger partial charge in [-0.25, -0.2) is 0 Å². The lowest BCUT2D eigenvalue weighted by Gasteiger charge is -2.05. The molecule has 2 N–H and O–H groups in total. The van der Waals surface area contributed by atoms with Gasteiger partial charge in [0.1, 0.15) is 0 Å². The summed E-state index contributed by atoms with van der Waals surface area (Å²) in [5.41, 5.74) is 4.87. The van der Waals surface area contributed by atoms with Crippen molar-refractivity contribution in [2.24, 2.45) is 0 Å². The van der Waals surface area contributed by atoms with Gasteiger partial charge in [0.05, 0.1) is 11.2 Å². The molecular weight excluding hydrogens is 164 g/mol. The number of benzene rings is 1. The maximum absolute atomic E-state index is 8.85. The van der Waals surface area contributed by atoms with Crippen LogP contribution in [0.5, 0.6) is 0 Å². The number of fused-ring (bicyclic) bond motifs is 1. The van der Waals surface area contributed by atoms with Crippen molar-refractivity contribution < 1.29 is 5.21 Å². The Morgan fingerprint density at radius 3 is 2.92 bits per heavy atom. The molecule has 0 atom stereocenters. The molecule has 2 aromatic rings. The summed E-state index contributed by atoms with van der Waals surface area (Å²) in [6.07, 6.45) is 1.67. The third-order valence-electron chi connectivity index (χ3n) is 2.09. The molecule has 0 radical (unpaired) electrons. The molecule has 0 fully saturated rings. The Morgan fingerprint density at radius 1 is 1.31 bits per heavy atom. The zero-order valence-electron chi connectivity index (χ0n) is 7.28. The standard InChI is InChI=1S/C10H10N2O/c1-7-3-2-4-8-9(12-13)5-6-11-10(7)8/h2-6,13H,1H3,(H,11,12). The van der Waals surface area contributed by atoms with Crippen LogP contribution in [-0.4, -0.2) is 10.2 Å². The molecule has 0 saturated carbocycles. The number of nitrogens with one attached hydrogen (secondary N) is 1. The molecule has 0 aliphatic rings. The molecule has 66 valence electrons. The fourth-order valence-electron chi connectivity index (χ4n) is 1.42. The summed E-state index contributed by atoms with van der Waals surface area (Å²) in [6, 6.07) is 7.60. The molecule has 3 heteroatoms. The topological polar surface area (TPSA) is 45.1 Å². The van der Waals surface area contributed by atoms with E-state index in [4.69, 9.17) is 5.21 Å². The van der Waals surface area contributed by atoms with Gasteiger partial charge in [-0.2, -0.15) is 0 Å². The van der Waals surface area contributed by atoms with Crippen molar-refractivity contribution in [3.05, 3.63) is 36.0 Å². The van der Waals surface area contributed by atoms with E-state index in [1.807, 2.05) is 25.1 Å². The number of aryl methyl sites for hydroxylation is 1. The summed E-state index contributed by atoms with van der Waals surface area (Å²) in [4.78, 5) is 4.24. The average Bonchev–Trinajstić information content (AvgIpc) is 2.18. The van der Waals surface area contributed by atoms with Gasteiger partial charge in [-0.05, 0) is 18.6 Å². The van der Waals surface area contributed by atoms with Crippen LogP contribution in [-0.2, 0) is 0 Å². The van der Waals surface area contributed by atoms with E-state index in [9.17, 15) is 0 Å². The van der Waals surface area contributed by atoms with Crippen LogP contribution in [0.3, 0.4) is 0 Å². The van der Waals surface area contributed by atoms with Crippen LogP contribution < -0.4 is 5.48 Å². The second-order valence-corrected chi connectivity index (χ2v) is 2.94. The fraction of sp³-hybridized carbons (Fsp3) is 0.100. The first-order chi connectivity index (χ1) is 6.33. The van der Waals surface area contributed by atoms with Gasteiger partial charge in [0.15, 0.2) is 0 Å². The van der Waals surface area contributed by atoms with E-state index >= 15 is 0 Å². The van der Waals surface area contributed by atoms with Gasteiger partial charge in [0, 0.05) is 11.6 Å². The highest BCUT2D eigenvalue weighted by Crippen LogP contribution is 2.22. The van der Waals surface area contributed by atoms with E-state index in [1.165, 1.54) is 0 Å². The third kappa shape index (κ3) is 1.23. The molecule has 13 heavy (non-hydrogen) atoms. The van der Waals surface area contributed by atoms with Crippen LogP contribution in [0.4, 0.5) is 5.69 Å². The molecule has 1 aromatic heterocycles. The average molecular weight is 174 g/mol. The van der Waals surface area contributed by atoms with Gasteiger partial charge in [-0.15, -0.1) is 0 Å². The SMILES string of the molecule is Cc1cccc2c(NO)ccnc12. The van der Waals surface area contributed by atoms with E-state index in [2.05, 4.69) is 10.5 Å². The Labute approximate surface area is 76.0 Å². The lowest BCUT2D eigenvalue weighted by molar-refractivity contribution is 0.390. The molecule has 0 amide bonds. The van der Waals surface area contributed by atoms with Gasteiger partial charge < -0.3 is 0 Å². The predicted molar refractivity (Wildman–Crippen MR) is 51.9 cm³/mol. The highest BCUT2D eigenvalue weighted by molar-refractivity contribution is 5.92. The Bertz CT molecular complexity index is 440. The van der Waals surface area contributed by atoms with Crippen LogP contribution >= 0.6 is 0 Å². The van der Waals surface area contributed by atoms with Crippen molar-refractivity contribution in [2.75, 3.05) is 5.48 Å². The Kier molecular flexibility index (Phi) is 1.87. The fourth-order valence-corrected chi connectivity index (χ4v) is 1.42. The monoisotopic (exact) mass is 174 g/mol. The molecule has 0 aliphatic heterocycles. The third-order valence-corrected chi connectivity index (χ3v) is 2.09. The maximum Gasteiger partial charge on any atom is 0.0752 e. The molecular formula is C10H10N2O. The molecule has 3 nitrogen and oxygen atoms in total. The number of hydrogen-bond donors (Lipinski definition) is 2. The molecule has 0 spiro atoms. The van der Waals surface area contributed by atoms with Crippen LogP contribution in [0.1, 0.15) is 5.56 Å². The molecule has 0 unspecified atom stereocenters. The van der Waals surface area contributed by atoms with Gasteiger partial charge in [0.25, 0.3) is 0 Å².